The summed E-state index contributed by atoms with van der Waals surface area (Å²) in [5.74, 6) is -1.47. The maximum absolute atomic E-state index is 13.0. The molecule has 1 aliphatic carbocycles. The van der Waals surface area contributed by atoms with Gasteiger partial charge in [0.2, 0.25) is 0 Å². The molecule has 0 atom stereocenters. The fourth-order valence-electron chi connectivity index (χ4n) is 2.67. The van der Waals surface area contributed by atoms with E-state index in [1.165, 1.54) is 33.5 Å². The van der Waals surface area contributed by atoms with Crippen molar-refractivity contribution in [2.45, 2.75) is 24.0 Å². The molecule has 5 heteroatoms. The lowest BCUT2D eigenvalue weighted by Gasteiger charge is -2.52. The van der Waals surface area contributed by atoms with Crippen LogP contribution in [0.25, 0.3) is 0 Å². The van der Waals surface area contributed by atoms with Crippen molar-refractivity contribution in [3.63, 3.8) is 0 Å². The molecule has 0 spiro atoms. The molecule has 104 valence electrons. The van der Waals surface area contributed by atoms with E-state index in [9.17, 15) is 9.18 Å². The molecule has 1 aromatic rings. The van der Waals surface area contributed by atoms with Gasteiger partial charge in [-0.05, 0) is 17.7 Å². The van der Waals surface area contributed by atoms with Crippen LogP contribution in [0, 0.1) is 5.82 Å². The third-order valence-electron chi connectivity index (χ3n) is 3.86. The Bertz CT molecular complexity index is 457. The molecule has 0 aliphatic heterocycles. The highest BCUT2D eigenvalue weighted by Gasteiger charge is 2.62. The molecule has 1 fully saturated rings. The zero-order valence-corrected chi connectivity index (χ0v) is 11.2. The van der Waals surface area contributed by atoms with Crippen LogP contribution < -0.4 is 0 Å². The second kappa shape index (κ2) is 4.90. The number of rotatable bonds is 4. The Kier molecular flexibility index (Phi) is 3.60. The second-order valence-electron chi connectivity index (χ2n) is 4.75. The van der Waals surface area contributed by atoms with Crippen molar-refractivity contribution in [3.8, 4) is 0 Å². The van der Waals surface area contributed by atoms with Crippen LogP contribution in [0.4, 0.5) is 4.39 Å². The van der Waals surface area contributed by atoms with Crippen LogP contribution in [0.2, 0.25) is 0 Å². The number of carbonyl (C=O) groups is 1. The normalized spacial score (nSPS) is 19.6. The molecule has 1 aliphatic rings. The lowest BCUT2D eigenvalue weighted by atomic mass is 9.60. The summed E-state index contributed by atoms with van der Waals surface area (Å²) >= 11 is 0. The van der Waals surface area contributed by atoms with Gasteiger partial charge in [-0.25, -0.2) is 4.39 Å². The quantitative estimate of drug-likeness (QED) is 0.619. The average molecular weight is 268 g/mol. The summed E-state index contributed by atoms with van der Waals surface area (Å²) in [7, 11) is 4.41. The molecule has 0 radical (unpaired) electrons. The van der Waals surface area contributed by atoms with Gasteiger partial charge in [-0.3, -0.25) is 4.79 Å². The predicted molar refractivity (Wildman–Crippen MR) is 66.1 cm³/mol. The van der Waals surface area contributed by atoms with Gasteiger partial charge >= 0.3 is 5.97 Å². The molecule has 2 rings (SSSR count). The van der Waals surface area contributed by atoms with E-state index in [0.717, 1.165) is 0 Å². The van der Waals surface area contributed by atoms with Gasteiger partial charge in [0.1, 0.15) is 11.2 Å². The fourth-order valence-corrected chi connectivity index (χ4v) is 2.67. The van der Waals surface area contributed by atoms with E-state index in [4.69, 9.17) is 14.2 Å². The van der Waals surface area contributed by atoms with E-state index in [-0.39, 0.29) is 11.8 Å². The minimum absolute atomic E-state index is 0.340. The zero-order valence-electron chi connectivity index (χ0n) is 11.2. The number of halogens is 1. The van der Waals surface area contributed by atoms with Crippen LogP contribution in [-0.4, -0.2) is 33.1 Å². The molecule has 0 aromatic heterocycles. The smallest absolute Gasteiger partial charge is 0.316 e. The molecular formula is C14H17FO4. The van der Waals surface area contributed by atoms with Crippen LogP contribution in [0.3, 0.4) is 0 Å². The third kappa shape index (κ3) is 2.13. The molecule has 0 heterocycles. The van der Waals surface area contributed by atoms with Crippen molar-refractivity contribution in [3.05, 3.63) is 35.6 Å². The Labute approximate surface area is 111 Å². The first-order valence-electron chi connectivity index (χ1n) is 5.97. The standard InChI is InChI=1S/C14H17FO4/c1-17-12(16)13(8-14(9-13,18-2)19-3)10-4-6-11(15)7-5-10/h4-7H,8-9H2,1-3H3. The molecular weight excluding hydrogens is 251 g/mol. The number of hydrogen-bond acceptors (Lipinski definition) is 4. The van der Waals surface area contributed by atoms with Crippen LogP contribution in [0.5, 0.6) is 0 Å². The summed E-state index contributed by atoms with van der Waals surface area (Å²) in [5, 5.41) is 0. The maximum atomic E-state index is 13.0. The Morgan fingerprint density at radius 2 is 1.63 bits per heavy atom. The van der Waals surface area contributed by atoms with Crippen molar-refractivity contribution >= 4 is 5.97 Å². The van der Waals surface area contributed by atoms with Crippen molar-refractivity contribution in [2.75, 3.05) is 21.3 Å². The molecule has 0 unspecified atom stereocenters. The summed E-state index contributed by atoms with van der Waals surface area (Å²) in [5.41, 5.74) is -0.112. The Morgan fingerprint density at radius 3 is 2.05 bits per heavy atom. The third-order valence-corrected chi connectivity index (χ3v) is 3.86. The maximum Gasteiger partial charge on any atom is 0.316 e. The minimum Gasteiger partial charge on any atom is -0.468 e. The largest absolute Gasteiger partial charge is 0.468 e. The molecule has 0 saturated heterocycles. The van der Waals surface area contributed by atoms with Gasteiger partial charge in [-0.2, -0.15) is 0 Å². The average Bonchev–Trinajstić information content (AvgIpc) is 2.40. The molecule has 0 N–H and O–H groups in total. The monoisotopic (exact) mass is 268 g/mol. The Balaban J connectivity index is 2.34. The van der Waals surface area contributed by atoms with Crippen molar-refractivity contribution in [1.82, 2.24) is 0 Å². The van der Waals surface area contributed by atoms with Gasteiger partial charge in [-0.1, -0.05) is 12.1 Å². The number of esters is 1. The summed E-state index contributed by atoms with van der Waals surface area (Å²) in [6, 6.07) is 5.86. The van der Waals surface area contributed by atoms with Gasteiger partial charge in [0.25, 0.3) is 0 Å². The van der Waals surface area contributed by atoms with Gasteiger partial charge < -0.3 is 14.2 Å². The van der Waals surface area contributed by atoms with Gasteiger partial charge in [0.05, 0.1) is 7.11 Å². The second-order valence-corrected chi connectivity index (χ2v) is 4.75. The first-order chi connectivity index (χ1) is 9.02. The van der Waals surface area contributed by atoms with E-state index in [1.807, 2.05) is 0 Å². The highest BCUT2D eigenvalue weighted by atomic mass is 19.1. The molecule has 0 amide bonds. The Hall–Kier alpha value is -1.46. The lowest BCUT2D eigenvalue weighted by molar-refractivity contribution is -0.278. The number of methoxy groups -OCH3 is 3. The van der Waals surface area contributed by atoms with Crippen LogP contribution >= 0.6 is 0 Å². The number of carbonyl (C=O) groups excluding carboxylic acids is 1. The topological polar surface area (TPSA) is 44.8 Å². The van der Waals surface area contributed by atoms with Gasteiger partial charge in [-0.15, -0.1) is 0 Å². The number of hydrogen-bond donors (Lipinski definition) is 0. The molecule has 0 bridgehead atoms. The zero-order chi connectivity index (χ0) is 14.1. The molecule has 1 aromatic carbocycles. The number of benzene rings is 1. The van der Waals surface area contributed by atoms with Crippen LogP contribution in [0.15, 0.2) is 24.3 Å². The summed E-state index contributed by atoms with van der Waals surface area (Å²) in [4.78, 5) is 12.1. The van der Waals surface area contributed by atoms with Crippen molar-refractivity contribution < 1.29 is 23.4 Å². The summed E-state index contributed by atoms with van der Waals surface area (Å²) in [6.45, 7) is 0. The van der Waals surface area contributed by atoms with E-state index in [2.05, 4.69) is 0 Å². The SMILES string of the molecule is COC(=O)C1(c2ccc(F)cc2)CC(OC)(OC)C1. The van der Waals surface area contributed by atoms with E-state index in [0.29, 0.717) is 18.4 Å². The predicted octanol–water partition coefficient (Wildman–Crippen LogP) is 2.02. The van der Waals surface area contributed by atoms with E-state index < -0.39 is 11.2 Å². The van der Waals surface area contributed by atoms with Gasteiger partial charge in [0.15, 0.2) is 5.79 Å². The van der Waals surface area contributed by atoms with E-state index in [1.54, 1.807) is 12.1 Å². The lowest BCUT2D eigenvalue weighted by Crippen LogP contribution is -2.60. The highest BCUT2D eigenvalue weighted by molar-refractivity contribution is 5.85. The van der Waals surface area contributed by atoms with Crippen LogP contribution in [-0.2, 0) is 24.4 Å². The first kappa shape index (κ1) is 14.0. The molecule has 4 nitrogen and oxygen atoms in total. The molecule has 19 heavy (non-hydrogen) atoms. The minimum atomic E-state index is -0.825. The van der Waals surface area contributed by atoms with E-state index >= 15 is 0 Å². The highest BCUT2D eigenvalue weighted by Crippen LogP contribution is 2.53. The summed E-state index contributed by atoms with van der Waals surface area (Å²) < 4.78 is 28.5. The van der Waals surface area contributed by atoms with Crippen molar-refractivity contribution in [1.29, 1.82) is 0 Å². The van der Waals surface area contributed by atoms with Crippen LogP contribution in [0.1, 0.15) is 18.4 Å². The number of ether oxygens (including phenoxy) is 3. The summed E-state index contributed by atoms with van der Waals surface area (Å²) in [6.07, 6.45) is 0.705. The van der Waals surface area contributed by atoms with Crippen molar-refractivity contribution in [2.24, 2.45) is 0 Å². The van der Waals surface area contributed by atoms with Gasteiger partial charge in [0, 0.05) is 27.1 Å². The molecule has 1 saturated carbocycles. The fraction of sp³-hybridized carbons (Fsp3) is 0.500. The first-order valence-corrected chi connectivity index (χ1v) is 5.97. The Morgan fingerprint density at radius 1 is 1.11 bits per heavy atom.